The number of nitrogens with one attached hydrogen (secondary N) is 1. The SMILES string of the molecule is COC(=O)c1[nH]cc(C(=O)O)c1-c1ccc(F)cc1. The van der Waals surface area contributed by atoms with Gasteiger partial charge in [-0.05, 0) is 17.7 Å². The third kappa shape index (κ3) is 2.33. The molecule has 0 radical (unpaired) electrons. The predicted molar refractivity (Wildman–Crippen MR) is 64.5 cm³/mol. The number of H-pyrrole nitrogens is 1. The van der Waals surface area contributed by atoms with Crippen LogP contribution in [-0.4, -0.2) is 29.1 Å². The molecule has 0 bridgehead atoms. The van der Waals surface area contributed by atoms with Gasteiger partial charge in [-0.25, -0.2) is 14.0 Å². The Morgan fingerprint density at radius 3 is 2.42 bits per heavy atom. The van der Waals surface area contributed by atoms with Gasteiger partial charge >= 0.3 is 11.9 Å². The number of methoxy groups -OCH3 is 1. The first-order valence-corrected chi connectivity index (χ1v) is 5.33. The Bertz CT molecular complexity index is 631. The van der Waals surface area contributed by atoms with Crippen LogP contribution in [0.15, 0.2) is 30.5 Å². The lowest BCUT2D eigenvalue weighted by Crippen LogP contribution is -2.05. The van der Waals surface area contributed by atoms with Crippen molar-refractivity contribution in [2.24, 2.45) is 0 Å². The smallest absolute Gasteiger partial charge is 0.355 e. The van der Waals surface area contributed by atoms with Crippen molar-refractivity contribution >= 4 is 11.9 Å². The van der Waals surface area contributed by atoms with Gasteiger partial charge in [0.25, 0.3) is 0 Å². The number of aromatic nitrogens is 1. The average Bonchev–Trinajstić information content (AvgIpc) is 2.83. The van der Waals surface area contributed by atoms with Crippen LogP contribution < -0.4 is 0 Å². The van der Waals surface area contributed by atoms with Crippen molar-refractivity contribution in [1.82, 2.24) is 4.98 Å². The number of carbonyl (C=O) groups is 2. The second-order valence-corrected chi connectivity index (χ2v) is 3.76. The van der Waals surface area contributed by atoms with Crippen LogP contribution in [0.4, 0.5) is 4.39 Å². The first kappa shape index (κ1) is 12.8. The lowest BCUT2D eigenvalue weighted by molar-refractivity contribution is 0.0595. The molecule has 2 N–H and O–H groups in total. The van der Waals surface area contributed by atoms with E-state index in [0.717, 1.165) is 0 Å². The Morgan fingerprint density at radius 1 is 1.26 bits per heavy atom. The van der Waals surface area contributed by atoms with Crippen LogP contribution in [0.25, 0.3) is 11.1 Å². The van der Waals surface area contributed by atoms with E-state index in [-0.39, 0.29) is 16.8 Å². The van der Waals surface area contributed by atoms with Gasteiger partial charge in [-0.1, -0.05) is 12.1 Å². The molecule has 1 aromatic carbocycles. The van der Waals surface area contributed by atoms with Gasteiger partial charge in [0.05, 0.1) is 12.7 Å². The van der Waals surface area contributed by atoms with Gasteiger partial charge in [-0.3, -0.25) is 0 Å². The van der Waals surface area contributed by atoms with E-state index in [9.17, 15) is 14.0 Å². The zero-order chi connectivity index (χ0) is 14.0. The number of benzene rings is 1. The molecular formula is C13H10FNO4. The highest BCUT2D eigenvalue weighted by Crippen LogP contribution is 2.28. The van der Waals surface area contributed by atoms with E-state index in [2.05, 4.69) is 9.72 Å². The number of carboxylic acid groups (broad SMARTS) is 1. The lowest BCUT2D eigenvalue weighted by Gasteiger charge is -2.04. The number of halogens is 1. The minimum absolute atomic E-state index is 0.0199. The zero-order valence-electron chi connectivity index (χ0n) is 9.94. The summed E-state index contributed by atoms with van der Waals surface area (Å²) in [6.07, 6.45) is 1.20. The summed E-state index contributed by atoms with van der Waals surface area (Å²) in [5.74, 6) is -2.33. The third-order valence-corrected chi connectivity index (χ3v) is 2.63. The van der Waals surface area contributed by atoms with Crippen LogP contribution in [-0.2, 0) is 4.74 Å². The van der Waals surface area contributed by atoms with Crippen molar-refractivity contribution in [3.8, 4) is 11.1 Å². The van der Waals surface area contributed by atoms with Crippen molar-refractivity contribution in [1.29, 1.82) is 0 Å². The second-order valence-electron chi connectivity index (χ2n) is 3.76. The van der Waals surface area contributed by atoms with Crippen molar-refractivity contribution in [3.05, 3.63) is 47.5 Å². The summed E-state index contributed by atoms with van der Waals surface area (Å²) in [6.45, 7) is 0. The van der Waals surface area contributed by atoms with E-state index in [1.165, 1.54) is 37.6 Å². The average molecular weight is 263 g/mol. The molecular weight excluding hydrogens is 253 g/mol. The van der Waals surface area contributed by atoms with Crippen LogP contribution in [0.3, 0.4) is 0 Å². The normalized spacial score (nSPS) is 10.2. The molecule has 0 aliphatic heterocycles. The van der Waals surface area contributed by atoms with Gasteiger partial charge in [-0.2, -0.15) is 0 Å². The minimum atomic E-state index is -1.19. The third-order valence-electron chi connectivity index (χ3n) is 2.63. The van der Waals surface area contributed by atoms with Crippen molar-refractivity contribution in [2.75, 3.05) is 7.11 Å². The minimum Gasteiger partial charge on any atom is -0.478 e. The number of carboxylic acids is 1. The summed E-state index contributed by atoms with van der Waals surface area (Å²) in [4.78, 5) is 25.3. The Kier molecular flexibility index (Phi) is 3.33. The molecule has 0 amide bonds. The summed E-state index contributed by atoms with van der Waals surface area (Å²) in [5, 5.41) is 9.10. The molecule has 0 aliphatic carbocycles. The molecule has 0 fully saturated rings. The number of hydrogen-bond donors (Lipinski definition) is 2. The standard InChI is InChI=1S/C13H10FNO4/c1-19-13(18)11-10(9(6-15-11)12(16)17)7-2-4-8(14)5-3-7/h2-6,15H,1H3,(H,16,17). The highest BCUT2D eigenvalue weighted by atomic mass is 19.1. The van der Waals surface area contributed by atoms with Crippen LogP contribution in [0, 0.1) is 5.82 Å². The largest absolute Gasteiger partial charge is 0.478 e. The van der Waals surface area contributed by atoms with Crippen LogP contribution >= 0.6 is 0 Å². The monoisotopic (exact) mass is 263 g/mol. The molecule has 6 heteroatoms. The molecule has 2 rings (SSSR count). The fraction of sp³-hybridized carbons (Fsp3) is 0.0769. The molecule has 5 nitrogen and oxygen atoms in total. The molecule has 1 heterocycles. The predicted octanol–water partition coefficient (Wildman–Crippen LogP) is 2.31. The first-order valence-electron chi connectivity index (χ1n) is 5.33. The Balaban J connectivity index is 2.64. The fourth-order valence-electron chi connectivity index (χ4n) is 1.77. The van der Waals surface area contributed by atoms with Gasteiger partial charge in [0, 0.05) is 11.8 Å². The molecule has 0 aliphatic rings. The number of rotatable bonds is 3. The van der Waals surface area contributed by atoms with E-state index in [1.54, 1.807) is 0 Å². The fourth-order valence-corrected chi connectivity index (χ4v) is 1.77. The van der Waals surface area contributed by atoms with Crippen molar-refractivity contribution < 1.29 is 23.8 Å². The van der Waals surface area contributed by atoms with Crippen LogP contribution in [0.1, 0.15) is 20.8 Å². The molecule has 0 unspecified atom stereocenters. The first-order chi connectivity index (χ1) is 9.04. The van der Waals surface area contributed by atoms with E-state index in [4.69, 9.17) is 5.11 Å². The summed E-state index contributed by atoms with van der Waals surface area (Å²) >= 11 is 0. The van der Waals surface area contributed by atoms with E-state index in [1.807, 2.05) is 0 Å². The van der Waals surface area contributed by atoms with Gasteiger partial charge in [-0.15, -0.1) is 0 Å². The maximum absolute atomic E-state index is 12.9. The second kappa shape index (κ2) is 4.93. The molecule has 19 heavy (non-hydrogen) atoms. The van der Waals surface area contributed by atoms with Gasteiger partial charge < -0.3 is 14.8 Å². The molecule has 98 valence electrons. The summed E-state index contributed by atoms with van der Waals surface area (Å²) in [6, 6.07) is 5.18. The molecule has 0 saturated carbocycles. The maximum atomic E-state index is 12.9. The van der Waals surface area contributed by atoms with Gasteiger partial charge in [0.15, 0.2) is 0 Å². The highest BCUT2D eigenvalue weighted by molar-refractivity contribution is 6.04. The molecule has 1 aromatic heterocycles. The topological polar surface area (TPSA) is 79.4 Å². The van der Waals surface area contributed by atoms with E-state index < -0.39 is 17.8 Å². The number of carbonyl (C=O) groups excluding carboxylic acids is 1. The molecule has 2 aromatic rings. The summed E-state index contributed by atoms with van der Waals surface area (Å²) in [5.41, 5.74) is 0.540. The number of esters is 1. The number of hydrogen-bond acceptors (Lipinski definition) is 3. The van der Waals surface area contributed by atoms with E-state index in [0.29, 0.717) is 5.56 Å². The Hall–Kier alpha value is -2.63. The number of aromatic amines is 1. The Morgan fingerprint density at radius 2 is 1.89 bits per heavy atom. The Labute approximate surface area is 107 Å². The highest BCUT2D eigenvalue weighted by Gasteiger charge is 2.23. The van der Waals surface area contributed by atoms with Crippen molar-refractivity contribution in [3.63, 3.8) is 0 Å². The molecule has 0 saturated heterocycles. The summed E-state index contributed by atoms with van der Waals surface area (Å²) in [7, 11) is 1.19. The number of aromatic carboxylic acids is 1. The number of ether oxygens (including phenoxy) is 1. The van der Waals surface area contributed by atoms with Gasteiger partial charge in [0.1, 0.15) is 11.5 Å². The van der Waals surface area contributed by atoms with Gasteiger partial charge in [0.2, 0.25) is 0 Å². The van der Waals surface area contributed by atoms with E-state index >= 15 is 0 Å². The zero-order valence-corrected chi connectivity index (χ0v) is 9.94. The van der Waals surface area contributed by atoms with Crippen LogP contribution in [0.2, 0.25) is 0 Å². The van der Waals surface area contributed by atoms with Crippen molar-refractivity contribution in [2.45, 2.75) is 0 Å². The molecule has 0 spiro atoms. The maximum Gasteiger partial charge on any atom is 0.355 e. The molecule has 0 atom stereocenters. The lowest BCUT2D eigenvalue weighted by atomic mass is 10.0. The quantitative estimate of drug-likeness (QED) is 0.833. The van der Waals surface area contributed by atoms with Crippen LogP contribution in [0.5, 0.6) is 0 Å². The summed E-state index contributed by atoms with van der Waals surface area (Å²) < 4.78 is 17.5.